The number of nitrogens with zero attached hydrogens (tertiary/aromatic N) is 3. The predicted molar refractivity (Wildman–Crippen MR) is 80.6 cm³/mol. The van der Waals surface area contributed by atoms with Crippen molar-refractivity contribution in [3.63, 3.8) is 0 Å². The van der Waals surface area contributed by atoms with Crippen molar-refractivity contribution in [1.82, 2.24) is 9.97 Å². The molecule has 1 aliphatic rings. The first-order chi connectivity index (χ1) is 8.80. The molecule has 0 unspecified atom stereocenters. The van der Waals surface area contributed by atoms with E-state index < -0.39 is 0 Å². The van der Waals surface area contributed by atoms with Crippen molar-refractivity contribution in [2.45, 2.75) is 52.5 Å². The van der Waals surface area contributed by atoms with Crippen LogP contribution in [0.5, 0.6) is 0 Å². The van der Waals surface area contributed by atoms with E-state index in [4.69, 9.17) is 17.3 Å². The van der Waals surface area contributed by atoms with Crippen molar-refractivity contribution in [2.24, 2.45) is 5.41 Å². The molecule has 1 heterocycles. The molecule has 1 aromatic rings. The van der Waals surface area contributed by atoms with Crippen LogP contribution in [0, 0.1) is 12.3 Å². The average Bonchev–Trinajstić information content (AvgIpc) is 2.33. The standard InChI is InChI=1S/C14H23ClN4/c1-9-11(16)12(18-13(15)17-9)19(4)10-5-7-14(2,3)8-6-10/h10H,5-8,16H2,1-4H3. The summed E-state index contributed by atoms with van der Waals surface area (Å²) in [5.41, 5.74) is 7.93. The van der Waals surface area contributed by atoms with E-state index >= 15 is 0 Å². The summed E-state index contributed by atoms with van der Waals surface area (Å²) >= 11 is 5.95. The fraction of sp³-hybridized carbons (Fsp3) is 0.714. The minimum absolute atomic E-state index is 0.268. The number of hydrogen-bond acceptors (Lipinski definition) is 4. The quantitative estimate of drug-likeness (QED) is 0.845. The number of rotatable bonds is 2. The van der Waals surface area contributed by atoms with Crippen LogP contribution in [0.15, 0.2) is 0 Å². The molecule has 0 bridgehead atoms. The molecule has 2 N–H and O–H groups in total. The molecule has 19 heavy (non-hydrogen) atoms. The van der Waals surface area contributed by atoms with E-state index in [1.807, 2.05) is 6.92 Å². The Morgan fingerprint density at radius 3 is 2.42 bits per heavy atom. The molecule has 0 aromatic carbocycles. The van der Waals surface area contributed by atoms with Gasteiger partial charge in [-0.15, -0.1) is 0 Å². The summed E-state index contributed by atoms with van der Waals surface area (Å²) in [5, 5.41) is 0.268. The SMILES string of the molecule is Cc1nc(Cl)nc(N(C)C2CCC(C)(C)CC2)c1N. The summed E-state index contributed by atoms with van der Waals surface area (Å²) in [6.07, 6.45) is 4.81. The van der Waals surface area contributed by atoms with Gasteiger partial charge < -0.3 is 10.6 Å². The Morgan fingerprint density at radius 2 is 1.84 bits per heavy atom. The molecule has 0 radical (unpaired) electrons. The van der Waals surface area contributed by atoms with Gasteiger partial charge in [0.15, 0.2) is 5.82 Å². The third-order valence-electron chi connectivity index (χ3n) is 4.28. The summed E-state index contributed by atoms with van der Waals surface area (Å²) in [4.78, 5) is 10.6. The number of aryl methyl sites for hydroxylation is 1. The third-order valence-corrected chi connectivity index (χ3v) is 4.45. The summed E-state index contributed by atoms with van der Waals surface area (Å²) in [6.45, 7) is 6.54. The van der Waals surface area contributed by atoms with Gasteiger partial charge in [-0.1, -0.05) is 13.8 Å². The molecule has 2 rings (SSSR count). The van der Waals surface area contributed by atoms with Crippen LogP contribution in [0.25, 0.3) is 0 Å². The summed E-state index contributed by atoms with van der Waals surface area (Å²) in [5.74, 6) is 0.766. The minimum Gasteiger partial charge on any atom is -0.394 e. The lowest BCUT2D eigenvalue weighted by atomic mass is 9.75. The molecular formula is C14H23ClN4. The highest BCUT2D eigenvalue weighted by Crippen LogP contribution is 2.38. The molecule has 1 aliphatic carbocycles. The average molecular weight is 283 g/mol. The van der Waals surface area contributed by atoms with E-state index in [1.54, 1.807) is 0 Å². The molecule has 0 spiro atoms. The maximum atomic E-state index is 6.09. The Labute approximate surface area is 120 Å². The maximum Gasteiger partial charge on any atom is 0.224 e. The monoisotopic (exact) mass is 282 g/mol. The van der Waals surface area contributed by atoms with Crippen LogP contribution >= 0.6 is 11.6 Å². The molecule has 106 valence electrons. The fourth-order valence-corrected chi connectivity index (χ4v) is 2.95. The second-order valence-electron chi connectivity index (χ2n) is 6.32. The normalized spacial score (nSPS) is 19.4. The highest BCUT2D eigenvalue weighted by molar-refractivity contribution is 6.28. The summed E-state index contributed by atoms with van der Waals surface area (Å²) in [7, 11) is 2.05. The minimum atomic E-state index is 0.268. The largest absolute Gasteiger partial charge is 0.394 e. The Morgan fingerprint density at radius 1 is 1.26 bits per heavy atom. The van der Waals surface area contributed by atoms with E-state index in [-0.39, 0.29) is 5.28 Å². The third kappa shape index (κ3) is 3.11. The molecule has 0 amide bonds. The van der Waals surface area contributed by atoms with Crippen LogP contribution in [0.1, 0.15) is 45.2 Å². The maximum absolute atomic E-state index is 6.09. The lowest BCUT2D eigenvalue weighted by Crippen LogP contribution is -2.38. The van der Waals surface area contributed by atoms with Gasteiger partial charge in [0.25, 0.3) is 0 Å². The molecule has 5 heteroatoms. The van der Waals surface area contributed by atoms with E-state index in [9.17, 15) is 0 Å². The van der Waals surface area contributed by atoms with E-state index in [2.05, 4.69) is 35.8 Å². The zero-order valence-corrected chi connectivity index (χ0v) is 13.0. The second kappa shape index (κ2) is 5.16. The number of nitrogen functional groups attached to an aromatic ring is 1. The van der Waals surface area contributed by atoms with Crippen LogP contribution < -0.4 is 10.6 Å². The smallest absolute Gasteiger partial charge is 0.224 e. The Balaban J connectivity index is 2.19. The number of aromatic nitrogens is 2. The van der Waals surface area contributed by atoms with Crippen molar-refractivity contribution in [1.29, 1.82) is 0 Å². The number of anilines is 2. The van der Waals surface area contributed by atoms with Gasteiger partial charge >= 0.3 is 0 Å². The van der Waals surface area contributed by atoms with Crippen LogP contribution in [0.4, 0.5) is 11.5 Å². The zero-order chi connectivity index (χ0) is 14.2. The van der Waals surface area contributed by atoms with Crippen molar-refractivity contribution in [2.75, 3.05) is 17.7 Å². The van der Waals surface area contributed by atoms with Crippen LogP contribution in [-0.2, 0) is 0 Å². The molecule has 0 atom stereocenters. The highest BCUT2D eigenvalue weighted by atomic mass is 35.5. The molecule has 1 saturated carbocycles. The molecule has 1 aromatic heterocycles. The molecule has 1 fully saturated rings. The Bertz CT molecular complexity index is 463. The van der Waals surface area contributed by atoms with Gasteiger partial charge in [0.05, 0.1) is 11.4 Å². The van der Waals surface area contributed by atoms with Gasteiger partial charge in [-0.25, -0.2) is 4.98 Å². The Kier molecular flexibility index (Phi) is 3.90. The zero-order valence-electron chi connectivity index (χ0n) is 12.2. The first-order valence-electron chi connectivity index (χ1n) is 6.82. The molecular weight excluding hydrogens is 260 g/mol. The van der Waals surface area contributed by atoms with Gasteiger partial charge in [-0.3, -0.25) is 0 Å². The molecule has 4 nitrogen and oxygen atoms in total. The second-order valence-corrected chi connectivity index (χ2v) is 6.66. The van der Waals surface area contributed by atoms with Crippen LogP contribution in [0.3, 0.4) is 0 Å². The Hall–Kier alpha value is -1.03. The molecule has 0 saturated heterocycles. The van der Waals surface area contributed by atoms with E-state index in [1.165, 1.54) is 25.7 Å². The molecule has 0 aliphatic heterocycles. The first kappa shape index (κ1) is 14.4. The first-order valence-corrected chi connectivity index (χ1v) is 7.20. The highest BCUT2D eigenvalue weighted by Gasteiger charge is 2.30. The van der Waals surface area contributed by atoms with Gasteiger partial charge in [0.1, 0.15) is 0 Å². The predicted octanol–water partition coefficient (Wildman–Crippen LogP) is 3.43. The summed E-state index contributed by atoms with van der Waals surface area (Å²) in [6, 6.07) is 0.487. The van der Waals surface area contributed by atoms with Gasteiger partial charge in [-0.2, -0.15) is 4.98 Å². The number of nitrogens with two attached hydrogens (primary N) is 1. The van der Waals surface area contributed by atoms with Gasteiger partial charge in [0.2, 0.25) is 5.28 Å². The summed E-state index contributed by atoms with van der Waals surface area (Å²) < 4.78 is 0. The fourth-order valence-electron chi connectivity index (χ4n) is 2.75. The lowest BCUT2D eigenvalue weighted by Gasteiger charge is -2.39. The van der Waals surface area contributed by atoms with Gasteiger partial charge in [-0.05, 0) is 49.6 Å². The van der Waals surface area contributed by atoms with Crippen molar-refractivity contribution >= 4 is 23.1 Å². The van der Waals surface area contributed by atoms with E-state index in [0.717, 1.165) is 11.5 Å². The lowest BCUT2D eigenvalue weighted by molar-refractivity contribution is 0.222. The number of halogens is 1. The van der Waals surface area contributed by atoms with Crippen LogP contribution in [0.2, 0.25) is 5.28 Å². The van der Waals surface area contributed by atoms with Crippen LogP contribution in [-0.4, -0.2) is 23.1 Å². The van der Waals surface area contributed by atoms with Crippen molar-refractivity contribution < 1.29 is 0 Å². The van der Waals surface area contributed by atoms with Crippen molar-refractivity contribution in [3.8, 4) is 0 Å². The van der Waals surface area contributed by atoms with E-state index in [0.29, 0.717) is 17.1 Å². The van der Waals surface area contributed by atoms with Gasteiger partial charge in [0, 0.05) is 13.1 Å². The topological polar surface area (TPSA) is 55.0 Å². The number of hydrogen-bond donors (Lipinski definition) is 1. The van der Waals surface area contributed by atoms with Crippen molar-refractivity contribution in [3.05, 3.63) is 11.0 Å².